The van der Waals surface area contributed by atoms with Crippen molar-refractivity contribution in [2.24, 2.45) is 5.41 Å². The van der Waals surface area contributed by atoms with Crippen LogP contribution >= 0.6 is 23.5 Å². The summed E-state index contributed by atoms with van der Waals surface area (Å²) in [7, 11) is -16.6. The van der Waals surface area contributed by atoms with Crippen LogP contribution in [0.2, 0.25) is 0 Å². The highest BCUT2D eigenvalue weighted by atomic mass is 31.3. The lowest BCUT2D eigenvalue weighted by Gasteiger charge is -2.40. The fourth-order valence-corrected chi connectivity index (χ4v) is 6.46. The Hall–Kier alpha value is -0.850. The molecule has 0 aromatic rings. The second-order valence-corrected chi connectivity index (χ2v) is 12.6. The van der Waals surface area contributed by atoms with E-state index in [0.717, 1.165) is 5.57 Å². The number of rotatable bonds is 8. The number of nitrogens with one attached hydrogen (secondary N) is 1. The van der Waals surface area contributed by atoms with Gasteiger partial charge in [-0.15, -0.1) is 0 Å². The van der Waals surface area contributed by atoms with Gasteiger partial charge in [0.2, 0.25) is 0 Å². The van der Waals surface area contributed by atoms with E-state index < -0.39 is 53.4 Å². The number of phosphoric acid groups is 3. The Balaban J connectivity index is 2.19. The third-order valence-electron chi connectivity index (χ3n) is 4.90. The van der Waals surface area contributed by atoms with E-state index in [0.29, 0.717) is 11.5 Å². The fraction of sp³-hybridized carbons (Fsp3) is 0.600. The Bertz CT molecular complexity index is 975. The summed E-state index contributed by atoms with van der Waals surface area (Å²) in [4.78, 5) is 37.7. The molecule has 0 bridgehead atoms. The molecule has 0 amide bonds. The third kappa shape index (κ3) is 6.18. The van der Waals surface area contributed by atoms with E-state index >= 15 is 0 Å². The van der Waals surface area contributed by atoms with Crippen LogP contribution in [0, 0.1) is 5.41 Å². The summed E-state index contributed by atoms with van der Waals surface area (Å²) >= 11 is 0. The maximum atomic E-state index is 12.1. The Morgan fingerprint density at radius 3 is 2.22 bits per heavy atom. The smallest absolute Gasteiger partial charge is 0.389 e. The van der Waals surface area contributed by atoms with Crippen molar-refractivity contribution in [3.05, 3.63) is 36.4 Å². The van der Waals surface area contributed by atoms with Crippen molar-refractivity contribution in [2.75, 3.05) is 6.61 Å². The number of allylic oxidation sites excluding steroid dienone is 1. The number of hydrogen-bond acceptors (Lipinski definition) is 10. The number of aliphatic hydroxyl groups is 1. The number of aliphatic hydroxyl groups excluding tert-OH is 1. The molecule has 32 heavy (non-hydrogen) atoms. The van der Waals surface area contributed by atoms with Gasteiger partial charge in [0.1, 0.15) is 17.6 Å². The summed E-state index contributed by atoms with van der Waals surface area (Å²) in [6, 6.07) is 0. The monoisotopic (exact) mass is 520 g/mol. The zero-order valence-electron chi connectivity index (χ0n) is 17.7. The van der Waals surface area contributed by atoms with Crippen LogP contribution in [-0.2, 0) is 31.6 Å². The Morgan fingerprint density at radius 1 is 1.12 bits per heavy atom. The van der Waals surface area contributed by atoms with Crippen molar-refractivity contribution in [3.8, 4) is 0 Å². The quantitative estimate of drug-likeness (QED) is 0.252. The van der Waals surface area contributed by atoms with Crippen LogP contribution in [0.3, 0.4) is 0 Å². The average molecular weight is 520 g/mol. The van der Waals surface area contributed by atoms with Gasteiger partial charge in [0, 0.05) is 17.3 Å². The van der Waals surface area contributed by atoms with Crippen molar-refractivity contribution in [3.63, 3.8) is 0 Å². The molecule has 0 aromatic heterocycles. The molecule has 0 saturated carbocycles. The maximum absolute atomic E-state index is 12.1. The maximum Gasteiger partial charge on any atom is 0.490 e. The summed E-state index contributed by atoms with van der Waals surface area (Å²) in [6.07, 6.45) is -0.400. The lowest BCUT2D eigenvalue weighted by atomic mass is 9.79. The van der Waals surface area contributed by atoms with Crippen molar-refractivity contribution >= 4 is 23.5 Å². The van der Waals surface area contributed by atoms with Crippen LogP contribution in [-0.4, -0.2) is 54.1 Å². The highest BCUT2D eigenvalue weighted by Crippen LogP contribution is 2.66. The molecule has 0 radical (unpaired) electrons. The van der Waals surface area contributed by atoms with Gasteiger partial charge in [-0.2, -0.15) is 8.62 Å². The summed E-state index contributed by atoms with van der Waals surface area (Å²) in [5, 5.41) is 13.9. The summed E-state index contributed by atoms with van der Waals surface area (Å²) in [6.45, 7) is 13.5. The first-order valence-corrected chi connectivity index (χ1v) is 13.5. The molecule has 6 N–H and O–H groups in total. The number of hydrogen-bond donors (Lipinski definition) is 6. The first-order valence-electron chi connectivity index (χ1n) is 8.95. The van der Waals surface area contributed by atoms with Crippen LogP contribution < -0.4 is 5.32 Å². The van der Waals surface area contributed by atoms with Gasteiger partial charge in [-0.3, -0.25) is 4.52 Å². The average Bonchev–Trinajstić information content (AvgIpc) is 2.74. The molecule has 1 saturated heterocycles. The molecule has 14 nitrogen and oxygen atoms in total. The number of nitrogens with zero attached hydrogens (tertiary/aromatic N) is 1. The molecular formula is C15H27N2O12P3. The Morgan fingerprint density at radius 2 is 1.69 bits per heavy atom. The molecule has 2 aliphatic rings. The highest BCUT2D eigenvalue weighted by molar-refractivity contribution is 7.66. The van der Waals surface area contributed by atoms with Gasteiger partial charge in [-0.05, 0) is 19.4 Å². The van der Waals surface area contributed by atoms with Crippen molar-refractivity contribution < 1.29 is 56.3 Å². The molecule has 2 unspecified atom stereocenters. The minimum Gasteiger partial charge on any atom is -0.389 e. The van der Waals surface area contributed by atoms with Gasteiger partial charge >= 0.3 is 23.5 Å². The van der Waals surface area contributed by atoms with E-state index in [1.54, 1.807) is 31.9 Å². The molecule has 0 spiro atoms. The fourth-order valence-electron chi connectivity index (χ4n) is 3.35. The molecule has 0 aliphatic carbocycles. The van der Waals surface area contributed by atoms with Crippen LogP contribution in [0.1, 0.15) is 27.7 Å². The normalized spacial score (nSPS) is 32.2. The number of phosphoric ester groups is 1. The third-order valence-corrected chi connectivity index (χ3v) is 8.68. The molecule has 184 valence electrons. The van der Waals surface area contributed by atoms with Gasteiger partial charge in [0.25, 0.3) is 0 Å². The van der Waals surface area contributed by atoms with Gasteiger partial charge < -0.3 is 39.6 Å². The molecule has 2 aliphatic heterocycles. The van der Waals surface area contributed by atoms with E-state index in [2.05, 4.69) is 31.6 Å². The predicted octanol–water partition coefficient (Wildman–Crippen LogP) is 1.63. The standard InChI is InChI=1S/C15H27N2O12P3/c1-9-7-17(11(3)16-10(9)2)13-14(4,5)12(18)15(6,27-13)8-26-31(22,23)29-32(24,25)28-30(19,20)21/h7,12-13,16,18H,2-3,8H2,1,4-6H3,(H,22,23)(H,24,25)(H2,19,20,21)/t12-,13-,15-/m1/s1. The molecule has 2 heterocycles. The lowest BCUT2D eigenvalue weighted by molar-refractivity contribution is -0.123. The second-order valence-electron chi connectivity index (χ2n) is 8.14. The highest BCUT2D eigenvalue weighted by Gasteiger charge is 2.59. The molecular weight excluding hydrogens is 493 g/mol. The van der Waals surface area contributed by atoms with Crippen LogP contribution in [0.4, 0.5) is 0 Å². The molecule has 2 rings (SSSR count). The zero-order chi connectivity index (χ0) is 24.9. The number of ether oxygens (including phenoxy) is 1. The Kier molecular flexibility index (Phi) is 7.48. The van der Waals surface area contributed by atoms with E-state index in [4.69, 9.17) is 14.5 Å². The Labute approximate surface area is 184 Å². The van der Waals surface area contributed by atoms with E-state index in [1.165, 1.54) is 6.92 Å². The largest absolute Gasteiger partial charge is 0.490 e. The van der Waals surface area contributed by atoms with E-state index in [1.807, 2.05) is 0 Å². The molecule has 1 fully saturated rings. The van der Waals surface area contributed by atoms with Gasteiger partial charge in [-0.25, -0.2) is 13.7 Å². The summed E-state index contributed by atoms with van der Waals surface area (Å²) in [5.41, 5.74) is -1.20. The van der Waals surface area contributed by atoms with Crippen LogP contribution in [0.5, 0.6) is 0 Å². The minimum atomic E-state index is -5.66. The predicted molar refractivity (Wildman–Crippen MR) is 110 cm³/mol. The van der Waals surface area contributed by atoms with Gasteiger partial charge in [0.15, 0.2) is 0 Å². The summed E-state index contributed by atoms with van der Waals surface area (Å²) < 4.78 is 52.3. The van der Waals surface area contributed by atoms with Crippen molar-refractivity contribution in [2.45, 2.75) is 45.6 Å². The van der Waals surface area contributed by atoms with E-state index in [9.17, 15) is 28.6 Å². The minimum absolute atomic E-state index is 0.406. The molecule has 5 atom stereocenters. The SMILES string of the molecule is C=C1NC(=C)N([C@@H]2O[C@](C)(COP(=O)(O)OP(=O)(O)OP(=O)(O)O)[C@H](O)C2(C)C)C=C1C. The lowest BCUT2D eigenvalue weighted by Crippen LogP contribution is -2.47. The van der Waals surface area contributed by atoms with Crippen molar-refractivity contribution in [1.82, 2.24) is 10.2 Å². The summed E-state index contributed by atoms with van der Waals surface area (Å²) in [5.74, 6) is 0.406. The molecule has 17 heteroatoms. The topological polar surface area (TPSA) is 205 Å². The van der Waals surface area contributed by atoms with Gasteiger partial charge in [0.05, 0.1) is 12.7 Å². The van der Waals surface area contributed by atoms with E-state index in [-0.39, 0.29) is 0 Å². The van der Waals surface area contributed by atoms with Crippen LogP contribution in [0.15, 0.2) is 36.4 Å². The van der Waals surface area contributed by atoms with Crippen LogP contribution in [0.25, 0.3) is 0 Å². The van der Waals surface area contributed by atoms with Crippen molar-refractivity contribution in [1.29, 1.82) is 0 Å². The first kappa shape index (κ1) is 27.4. The van der Waals surface area contributed by atoms with Gasteiger partial charge in [-0.1, -0.05) is 27.0 Å². The second kappa shape index (κ2) is 8.74. The molecule has 0 aromatic carbocycles. The zero-order valence-corrected chi connectivity index (χ0v) is 20.4. The first-order chi connectivity index (χ1) is 14.2.